The van der Waals surface area contributed by atoms with Gasteiger partial charge in [0.1, 0.15) is 11.6 Å². The molecule has 1 amide bonds. The molecule has 0 aliphatic rings. The Kier molecular flexibility index (Phi) is 5.57. The number of hydrogen-bond donors (Lipinski definition) is 1. The van der Waals surface area contributed by atoms with Crippen LogP contribution < -0.4 is 5.32 Å². The third kappa shape index (κ3) is 4.35. The van der Waals surface area contributed by atoms with Crippen molar-refractivity contribution in [1.29, 1.82) is 0 Å². The molecule has 4 rings (SSSR count). The average molecular weight is 419 g/mol. The minimum absolute atomic E-state index is 0.168. The summed E-state index contributed by atoms with van der Waals surface area (Å²) >= 11 is 0. The number of nitrogens with zero attached hydrogens (tertiary/aromatic N) is 6. The molecule has 0 bridgehead atoms. The van der Waals surface area contributed by atoms with Crippen molar-refractivity contribution in [2.24, 2.45) is 0 Å². The summed E-state index contributed by atoms with van der Waals surface area (Å²) in [5.74, 6) is 0.268. The lowest BCUT2D eigenvalue weighted by Crippen LogP contribution is -2.23. The Bertz CT molecular complexity index is 1210. The molecule has 2 aromatic carbocycles. The van der Waals surface area contributed by atoms with Gasteiger partial charge in [0.2, 0.25) is 0 Å². The maximum atomic E-state index is 13.2. The zero-order chi connectivity index (χ0) is 22.0. The van der Waals surface area contributed by atoms with Crippen molar-refractivity contribution in [1.82, 2.24) is 35.3 Å². The lowest BCUT2D eigenvalue weighted by molar-refractivity contribution is 0.0951. The summed E-state index contributed by atoms with van der Waals surface area (Å²) in [6.45, 7) is 6.56. The molecule has 0 spiro atoms. The summed E-state index contributed by atoms with van der Waals surface area (Å²) in [4.78, 5) is 12.6. The molecule has 0 radical (unpaired) electrons. The van der Waals surface area contributed by atoms with Crippen molar-refractivity contribution in [2.75, 3.05) is 0 Å². The van der Waals surface area contributed by atoms with Gasteiger partial charge < -0.3 is 5.32 Å². The second-order valence-electron chi connectivity index (χ2n) is 7.30. The van der Waals surface area contributed by atoms with E-state index in [0.717, 1.165) is 34.0 Å². The Morgan fingerprint density at radius 2 is 1.74 bits per heavy atom. The summed E-state index contributed by atoms with van der Waals surface area (Å²) in [5.41, 5.74) is 4.99. The molecule has 8 nitrogen and oxygen atoms in total. The molecule has 2 heterocycles. The molecule has 158 valence electrons. The predicted octanol–water partition coefficient (Wildman–Crippen LogP) is 2.90. The molecule has 4 aromatic rings. The van der Waals surface area contributed by atoms with E-state index in [1.54, 1.807) is 33.6 Å². The fourth-order valence-corrected chi connectivity index (χ4v) is 3.37. The second-order valence-corrected chi connectivity index (χ2v) is 7.30. The lowest BCUT2D eigenvalue weighted by atomic mass is 10.1. The van der Waals surface area contributed by atoms with Crippen LogP contribution in [-0.2, 0) is 13.1 Å². The van der Waals surface area contributed by atoms with Crippen LogP contribution in [0.1, 0.15) is 38.7 Å². The number of carbonyl (C=O) groups is 1. The van der Waals surface area contributed by atoms with Gasteiger partial charge in [0.05, 0.1) is 17.9 Å². The predicted molar refractivity (Wildman–Crippen MR) is 112 cm³/mol. The minimum Gasteiger partial charge on any atom is -0.348 e. The van der Waals surface area contributed by atoms with Crippen LogP contribution in [-0.4, -0.2) is 35.9 Å². The topological polar surface area (TPSA) is 90.5 Å². The van der Waals surface area contributed by atoms with Gasteiger partial charge in [0.25, 0.3) is 5.91 Å². The molecule has 0 fully saturated rings. The Hall–Kier alpha value is -3.88. The van der Waals surface area contributed by atoms with Crippen LogP contribution in [0, 0.1) is 26.6 Å². The van der Waals surface area contributed by atoms with Crippen LogP contribution in [0.2, 0.25) is 0 Å². The second kappa shape index (κ2) is 8.47. The number of nitrogens with one attached hydrogen (secondary N) is 1. The fourth-order valence-electron chi connectivity index (χ4n) is 3.37. The van der Waals surface area contributed by atoms with E-state index in [1.165, 1.54) is 12.1 Å². The van der Waals surface area contributed by atoms with Gasteiger partial charge in [-0.05, 0) is 73.2 Å². The van der Waals surface area contributed by atoms with E-state index in [1.807, 2.05) is 32.9 Å². The normalized spacial score (nSPS) is 11.0. The van der Waals surface area contributed by atoms with Gasteiger partial charge in [-0.25, -0.2) is 13.8 Å². The van der Waals surface area contributed by atoms with Crippen LogP contribution in [0.15, 0.2) is 48.5 Å². The third-order valence-corrected chi connectivity index (χ3v) is 5.20. The minimum atomic E-state index is -0.295. The zero-order valence-corrected chi connectivity index (χ0v) is 17.5. The highest BCUT2D eigenvalue weighted by Crippen LogP contribution is 2.18. The van der Waals surface area contributed by atoms with E-state index < -0.39 is 0 Å². The summed E-state index contributed by atoms with van der Waals surface area (Å²) in [6, 6.07) is 13.5. The average Bonchev–Trinajstić information content (AvgIpc) is 3.29. The van der Waals surface area contributed by atoms with E-state index in [9.17, 15) is 9.18 Å². The molecule has 0 saturated carbocycles. The molecule has 0 unspecified atom stereocenters. The first-order valence-corrected chi connectivity index (χ1v) is 9.83. The van der Waals surface area contributed by atoms with Crippen molar-refractivity contribution in [3.05, 3.63) is 88.3 Å². The fraction of sp³-hybridized carbons (Fsp3) is 0.227. The van der Waals surface area contributed by atoms with Gasteiger partial charge in [-0.2, -0.15) is 5.10 Å². The van der Waals surface area contributed by atoms with Gasteiger partial charge in [-0.1, -0.05) is 12.1 Å². The van der Waals surface area contributed by atoms with E-state index in [4.69, 9.17) is 0 Å². The van der Waals surface area contributed by atoms with Gasteiger partial charge in [-0.15, -0.1) is 5.10 Å². The molecular weight excluding hydrogens is 397 g/mol. The van der Waals surface area contributed by atoms with E-state index in [2.05, 4.69) is 25.9 Å². The highest BCUT2D eigenvalue weighted by Gasteiger charge is 2.14. The summed E-state index contributed by atoms with van der Waals surface area (Å²) in [6.07, 6.45) is 0. The third-order valence-electron chi connectivity index (χ3n) is 5.20. The largest absolute Gasteiger partial charge is 0.348 e. The van der Waals surface area contributed by atoms with Crippen molar-refractivity contribution in [3.8, 4) is 5.69 Å². The molecule has 1 N–H and O–H groups in total. The van der Waals surface area contributed by atoms with E-state index in [-0.39, 0.29) is 11.7 Å². The number of rotatable bonds is 6. The van der Waals surface area contributed by atoms with Gasteiger partial charge in [0.15, 0.2) is 0 Å². The highest BCUT2D eigenvalue weighted by molar-refractivity contribution is 5.94. The van der Waals surface area contributed by atoms with Gasteiger partial charge >= 0.3 is 0 Å². The van der Waals surface area contributed by atoms with Crippen molar-refractivity contribution >= 4 is 5.91 Å². The molecule has 0 aliphatic carbocycles. The SMILES string of the molecule is Cc1nn(-c2ccc(F)cc2)c(C)c1CNC(=O)c1ccc(Cn2nnnc2C)cc1. The molecule has 0 aliphatic heterocycles. The monoisotopic (exact) mass is 419 g/mol. The van der Waals surface area contributed by atoms with Crippen molar-refractivity contribution < 1.29 is 9.18 Å². The first kappa shape index (κ1) is 20.4. The first-order valence-electron chi connectivity index (χ1n) is 9.83. The smallest absolute Gasteiger partial charge is 0.251 e. The van der Waals surface area contributed by atoms with Crippen molar-refractivity contribution in [3.63, 3.8) is 0 Å². The van der Waals surface area contributed by atoms with Crippen LogP contribution in [0.4, 0.5) is 4.39 Å². The Morgan fingerprint density at radius 3 is 2.39 bits per heavy atom. The Morgan fingerprint density at radius 1 is 1.03 bits per heavy atom. The number of aryl methyl sites for hydroxylation is 2. The summed E-state index contributed by atoms with van der Waals surface area (Å²) in [5, 5.41) is 18.9. The number of tetrazole rings is 1. The first-order chi connectivity index (χ1) is 14.9. The lowest BCUT2D eigenvalue weighted by Gasteiger charge is -2.08. The number of benzene rings is 2. The molecular formula is C22H22FN7O. The number of aromatic nitrogens is 6. The highest BCUT2D eigenvalue weighted by atomic mass is 19.1. The molecule has 2 aromatic heterocycles. The molecule has 9 heteroatoms. The standard InChI is InChI=1S/C22H22FN7O/c1-14-21(15(2)30(26-14)20-10-8-19(23)9-11-20)12-24-22(31)18-6-4-17(5-7-18)13-29-16(3)25-27-28-29/h4-11H,12-13H2,1-3H3,(H,24,31). The van der Waals surface area contributed by atoms with Crippen LogP contribution in [0.3, 0.4) is 0 Å². The van der Waals surface area contributed by atoms with Gasteiger partial charge in [-0.3, -0.25) is 4.79 Å². The van der Waals surface area contributed by atoms with Crippen molar-refractivity contribution in [2.45, 2.75) is 33.9 Å². The van der Waals surface area contributed by atoms with E-state index >= 15 is 0 Å². The van der Waals surface area contributed by atoms with Crippen LogP contribution in [0.25, 0.3) is 5.69 Å². The molecule has 0 saturated heterocycles. The quantitative estimate of drug-likeness (QED) is 0.519. The molecule has 0 atom stereocenters. The maximum absolute atomic E-state index is 13.2. The van der Waals surface area contributed by atoms with E-state index in [0.29, 0.717) is 18.7 Å². The molecule has 31 heavy (non-hydrogen) atoms. The van der Waals surface area contributed by atoms with Gasteiger partial charge in [0, 0.05) is 23.4 Å². The zero-order valence-electron chi connectivity index (χ0n) is 17.5. The summed E-state index contributed by atoms with van der Waals surface area (Å²) in [7, 11) is 0. The number of amides is 1. The Balaban J connectivity index is 1.43. The van der Waals surface area contributed by atoms with Crippen LogP contribution in [0.5, 0.6) is 0 Å². The summed E-state index contributed by atoms with van der Waals surface area (Å²) < 4.78 is 16.7. The Labute approximate surface area is 178 Å². The van der Waals surface area contributed by atoms with Crippen LogP contribution >= 0.6 is 0 Å². The maximum Gasteiger partial charge on any atom is 0.251 e. The number of hydrogen-bond acceptors (Lipinski definition) is 5. The number of carbonyl (C=O) groups excluding carboxylic acids is 1. The number of halogens is 1.